The molecule has 0 amide bonds. The minimum absolute atomic E-state index is 0.249. The van der Waals surface area contributed by atoms with Gasteiger partial charge >= 0.3 is 0 Å². The summed E-state index contributed by atoms with van der Waals surface area (Å²) in [5.41, 5.74) is 6.66. The van der Waals surface area contributed by atoms with E-state index in [1.807, 2.05) is 18.2 Å². The highest BCUT2D eigenvalue weighted by molar-refractivity contribution is 5.77. The van der Waals surface area contributed by atoms with Crippen molar-refractivity contribution in [1.82, 2.24) is 0 Å². The molecule has 0 spiro atoms. The van der Waals surface area contributed by atoms with Crippen molar-refractivity contribution in [3.8, 4) is 0 Å². The monoisotopic (exact) mass is 247 g/mol. The van der Waals surface area contributed by atoms with Gasteiger partial charge in [0.05, 0.1) is 12.4 Å². The van der Waals surface area contributed by atoms with Gasteiger partial charge in [0.15, 0.2) is 0 Å². The van der Waals surface area contributed by atoms with Crippen LogP contribution < -0.4 is 10.6 Å². The van der Waals surface area contributed by atoms with Crippen LogP contribution in [0.15, 0.2) is 30.3 Å². The van der Waals surface area contributed by atoms with Gasteiger partial charge in [-0.2, -0.15) is 0 Å². The van der Waals surface area contributed by atoms with Crippen LogP contribution in [0, 0.1) is 11.3 Å². The van der Waals surface area contributed by atoms with E-state index in [0.717, 1.165) is 32.7 Å². The van der Waals surface area contributed by atoms with Gasteiger partial charge in [-0.15, -0.1) is 0 Å². The van der Waals surface area contributed by atoms with E-state index in [-0.39, 0.29) is 5.84 Å². The van der Waals surface area contributed by atoms with Gasteiger partial charge in [0.25, 0.3) is 0 Å². The van der Waals surface area contributed by atoms with Crippen LogP contribution in [0.2, 0.25) is 0 Å². The highest BCUT2D eigenvalue weighted by Crippen LogP contribution is 2.19. The molecule has 1 aliphatic rings. The standard InChI is InChI=1S/C14H21N3O/c15-14(16)6-8-17(10-12-7-9-18-11-12)13-4-2-1-3-5-13/h1-5,12H,6-11H2,(H3,15,16). The SMILES string of the molecule is N=C(N)CCN(CC1CCOC1)c1ccccc1. The summed E-state index contributed by atoms with van der Waals surface area (Å²) in [7, 11) is 0. The fraction of sp³-hybridized carbons (Fsp3) is 0.500. The first-order chi connectivity index (χ1) is 8.75. The molecule has 1 saturated heterocycles. The van der Waals surface area contributed by atoms with Crippen LogP contribution in [0.4, 0.5) is 5.69 Å². The van der Waals surface area contributed by atoms with Crippen molar-refractivity contribution >= 4 is 11.5 Å². The van der Waals surface area contributed by atoms with E-state index in [2.05, 4.69) is 17.0 Å². The molecule has 98 valence electrons. The maximum atomic E-state index is 7.36. The highest BCUT2D eigenvalue weighted by Gasteiger charge is 2.19. The van der Waals surface area contributed by atoms with Crippen molar-refractivity contribution in [2.45, 2.75) is 12.8 Å². The molecule has 1 unspecified atom stereocenters. The lowest BCUT2D eigenvalue weighted by Gasteiger charge is -2.27. The van der Waals surface area contributed by atoms with Gasteiger partial charge in [-0.1, -0.05) is 18.2 Å². The van der Waals surface area contributed by atoms with Crippen LogP contribution in [-0.4, -0.2) is 32.1 Å². The summed E-state index contributed by atoms with van der Waals surface area (Å²) < 4.78 is 5.43. The van der Waals surface area contributed by atoms with Crippen molar-refractivity contribution in [2.75, 3.05) is 31.2 Å². The van der Waals surface area contributed by atoms with Gasteiger partial charge in [0.2, 0.25) is 0 Å². The molecule has 1 aromatic carbocycles. The number of nitrogens with zero attached hydrogens (tertiary/aromatic N) is 1. The largest absolute Gasteiger partial charge is 0.388 e. The number of anilines is 1. The summed E-state index contributed by atoms with van der Waals surface area (Å²) in [6.07, 6.45) is 1.74. The Bertz CT molecular complexity index is 374. The molecular formula is C14H21N3O. The first kappa shape index (κ1) is 12.9. The predicted molar refractivity (Wildman–Crippen MR) is 74.1 cm³/mol. The summed E-state index contributed by atoms with van der Waals surface area (Å²) >= 11 is 0. The number of hydrogen-bond acceptors (Lipinski definition) is 3. The number of rotatable bonds is 6. The van der Waals surface area contributed by atoms with Crippen molar-refractivity contribution < 1.29 is 4.74 Å². The first-order valence-corrected chi connectivity index (χ1v) is 6.46. The second-order valence-corrected chi connectivity index (χ2v) is 4.79. The van der Waals surface area contributed by atoms with E-state index in [1.54, 1.807) is 0 Å². The maximum absolute atomic E-state index is 7.36. The van der Waals surface area contributed by atoms with Gasteiger partial charge in [0.1, 0.15) is 0 Å². The molecule has 0 aliphatic carbocycles. The number of ether oxygens (including phenoxy) is 1. The zero-order valence-corrected chi connectivity index (χ0v) is 10.6. The van der Waals surface area contributed by atoms with Crippen molar-refractivity contribution in [2.24, 2.45) is 11.7 Å². The third kappa shape index (κ3) is 3.74. The lowest BCUT2D eigenvalue weighted by Crippen LogP contribution is -2.32. The van der Waals surface area contributed by atoms with Gasteiger partial charge in [0, 0.05) is 37.7 Å². The van der Waals surface area contributed by atoms with E-state index in [4.69, 9.17) is 15.9 Å². The molecule has 0 bridgehead atoms. The smallest absolute Gasteiger partial charge is 0.0923 e. The summed E-state index contributed by atoms with van der Waals surface area (Å²) in [4.78, 5) is 2.31. The normalized spacial score (nSPS) is 18.8. The van der Waals surface area contributed by atoms with Crippen LogP contribution in [0.25, 0.3) is 0 Å². The molecule has 0 saturated carbocycles. The Morgan fingerprint density at radius 2 is 2.17 bits per heavy atom. The fourth-order valence-corrected chi connectivity index (χ4v) is 2.26. The predicted octanol–water partition coefficient (Wildman–Crippen LogP) is 1.86. The molecule has 1 aromatic rings. The Balaban J connectivity index is 1.99. The molecular weight excluding hydrogens is 226 g/mol. The second kappa shape index (κ2) is 6.40. The number of para-hydroxylation sites is 1. The van der Waals surface area contributed by atoms with E-state index >= 15 is 0 Å². The van der Waals surface area contributed by atoms with E-state index < -0.39 is 0 Å². The molecule has 3 N–H and O–H groups in total. The lowest BCUT2D eigenvalue weighted by atomic mass is 10.1. The molecule has 1 atom stereocenters. The van der Waals surface area contributed by atoms with Crippen molar-refractivity contribution in [1.29, 1.82) is 5.41 Å². The molecule has 1 heterocycles. The van der Waals surface area contributed by atoms with Gasteiger partial charge in [-0.25, -0.2) is 0 Å². The molecule has 18 heavy (non-hydrogen) atoms. The zero-order valence-electron chi connectivity index (χ0n) is 10.6. The summed E-state index contributed by atoms with van der Waals surface area (Å²) in [6, 6.07) is 10.3. The van der Waals surface area contributed by atoms with E-state index in [0.29, 0.717) is 12.3 Å². The molecule has 4 heteroatoms. The van der Waals surface area contributed by atoms with E-state index in [9.17, 15) is 0 Å². The fourth-order valence-electron chi connectivity index (χ4n) is 2.26. The first-order valence-electron chi connectivity index (χ1n) is 6.46. The molecule has 0 radical (unpaired) electrons. The molecule has 2 rings (SSSR count). The maximum Gasteiger partial charge on any atom is 0.0923 e. The third-order valence-corrected chi connectivity index (χ3v) is 3.27. The Morgan fingerprint density at radius 1 is 1.39 bits per heavy atom. The number of hydrogen-bond donors (Lipinski definition) is 2. The molecule has 1 aliphatic heterocycles. The Kier molecular flexibility index (Phi) is 4.59. The zero-order chi connectivity index (χ0) is 12.8. The quantitative estimate of drug-likeness (QED) is 0.595. The number of nitrogens with one attached hydrogen (secondary N) is 1. The molecule has 4 nitrogen and oxygen atoms in total. The van der Waals surface area contributed by atoms with Crippen LogP contribution in [0.5, 0.6) is 0 Å². The Labute approximate surface area is 108 Å². The van der Waals surface area contributed by atoms with Crippen LogP contribution in [0.1, 0.15) is 12.8 Å². The second-order valence-electron chi connectivity index (χ2n) is 4.79. The van der Waals surface area contributed by atoms with Gasteiger partial charge in [-0.3, -0.25) is 5.41 Å². The minimum Gasteiger partial charge on any atom is -0.388 e. The highest BCUT2D eigenvalue weighted by atomic mass is 16.5. The third-order valence-electron chi connectivity index (χ3n) is 3.27. The molecule has 1 fully saturated rings. The average molecular weight is 247 g/mol. The van der Waals surface area contributed by atoms with Crippen molar-refractivity contribution in [3.63, 3.8) is 0 Å². The minimum atomic E-state index is 0.249. The van der Waals surface area contributed by atoms with Crippen LogP contribution in [0.3, 0.4) is 0 Å². The van der Waals surface area contributed by atoms with Crippen LogP contribution >= 0.6 is 0 Å². The van der Waals surface area contributed by atoms with Gasteiger partial charge in [-0.05, 0) is 18.6 Å². The summed E-state index contributed by atoms with van der Waals surface area (Å²) in [5.74, 6) is 0.843. The average Bonchev–Trinajstić information content (AvgIpc) is 2.88. The molecule has 0 aromatic heterocycles. The van der Waals surface area contributed by atoms with E-state index in [1.165, 1.54) is 5.69 Å². The van der Waals surface area contributed by atoms with Crippen molar-refractivity contribution in [3.05, 3.63) is 30.3 Å². The lowest BCUT2D eigenvalue weighted by molar-refractivity contribution is 0.186. The topological polar surface area (TPSA) is 62.3 Å². The number of amidine groups is 1. The van der Waals surface area contributed by atoms with Gasteiger partial charge < -0.3 is 15.4 Å². The number of nitrogens with two attached hydrogens (primary N) is 1. The summed E-state index contributed by atoms with van der Waals surface area (Å²) in [6.45, 7) is 3.51. The Hall–Kier alpha value is -1.55. The Morgan fingerprint density at radius 3 is 2.78 bits per heavy atom. The summed E-state index contributed by atoms with van der Waals surface area (Å²) in [5, 5.41) is 7.36. The number of benzene rings is 1. The van der Waals surface area contributed by atoms with Crippen LogP contribution in [-0.2, 0) is 4.74 Å².